The third-order valence-corrected chi connectivity index (χ3v) is 3.34. The highest BCUT2D eigenvalue weighted by Gasteiger charge is 2.19. The van der Waals surface area contributed by atoms with Gasteiger partial charge in [-0.2, -0.15) is 0 Å². The molecule has 2 aromatic rings. The van der Waals surface area contributed by atoms with Gasteiger partial charge in [0, 0.05) is 18.3 Å². The molecule has 124 valence electrons. The molecule has 6 heteroatoms. The fourth-order valence-corrected chi connectivity index (χ4v) is 2.20. The van der Waals surface area contributed by atoms with Crippen molar-refractivity contribution in [2.45, 2.75) is 6.92 Å². The quantitative estimate of drug-likeness (QED) is 0.443. The zero-order valence-corrected chi connectivity index (χ0v) is 13.3. The van der Waals surface area contributed by atoms with Gasteiger partial charge in [-0.15, -0.1) is 6.58 Å². The van der Waals surface area contributed by atoms with Gasteiger partial charge in [0.2, 0.25) is 0 Å². The van der Waals surface area contributed by atoms with E-state index < -0.39 is 4.92 Å². The van der Waals surface area contributed by atoms with Crippen molar-refractivity contribution in [2.75, 3.05) is 18.1 Å². The van der Waals surface area contributed by atoms with Crippen molar-refractivity contribution in [3.8, 4) is 5.75 Å². The number of nitro benzene ring substituents is 1. The summed E-state index contributed by atoms with van der Waals surface area (Å²) < 4.78 is 5.40. The molecule has 0 bridgehead atoms. The summed E-state index contributed by atoms with van der Waals surface area (Å²) in [5, 5.41) is 11.1. The van der Waals surface area contributed by atoms with Gasteiger partial charge in [0.05, 0.1) is 4.92 Å². The predicted molar refractivity (Wildman–Crippen MR) is 92.3 cm³/mol. The molecule has 1 amide bonds. The lowest BCUT2D eigenvalue weighted by molar-refractivity contribution is -0.385. The number of benzene rings is 2. The van der Waals surface area contributed by atoms with Gasteiger partial charge in [0.15, 0.2) is 12.4 Å². The molecule has 24 heavy (non-hydrogen) atoms. The van der Waals surface area contributed by atoms with Crippen LogP contribution in [-0.4, -0.2) is 24.0 Å². The summed E-state index contributed by atoms with van der Waals surface area (Å²) in [5.74, 6) is -0.235. The Balaban J connectivity index is 2.14. The number of carbonyl (C=O) groups is 1. The molecule has 6 nitrogen and oxygen atoms in total. The summed E-state index contributed by atoms with van der Waals surface area (Å²) in [4.78, 5) is 24.5. The SMILES string of the molecule is C=CCN(C(=O)COc1ccc(C)cc1[N+](=O)[O-])c1ccccc1. The number of aryl methyl sites for hydroxylation is 1. The minimum absolute atomic E-state index is 0.0746. The molecule has 0 radical (unpaired) electrons. The molecule has 0 saturated heterocycles. The van der Waals surface area contributed by atoms with Gasteiger partial charge in [-0.05, 0) is 30.7 Å². The number of anilines is 1. The molecular weight excluding hydrogens is 308 g/mol. The molecule has 0 N–H and O–H groups in total. The molecule has 0 aliphatic carbocycles. The van der Waals surface area contributed by atoms with Gasteiger partial charge in [-0.3, -0.25) is 14.9 Å². The first-order valence-corrected chi connectivity index (χ1v) is 7.37. The average Bonchev–Trinajstić information content (AvgIpc) is 2.59. The second-order valence-electron chi connectivity index (χ2n) is 5.15. The number of nitro groups is 1. The van der Waals surface area contributed by atoms with Crippen molar-refractivity contribution in [2.24, 2.45) is 0 Å². The van der Waals surface area contributed by atoms with Crippen LogP contribution in [0.4, 0.5) is 11.4 Å². The first kappa shape index (κ1) is 17.2. The van der Waals surface area contributed by atoms with Crippen molar-refractivity contribution >= 4 is 17.3 Å². The maximum atomic E-state index is 12.4. The molecule has 0 atom stereocenters. The first-order chi connectivity index (χ1) is 11.5. The number of ether oxygens (including phenoxy) is 1. The van der Waals surface area contributed by atoms with E-state index in [9.17, 15) is 14.9 Å². The molecule has 0 saturated carbocycles. The molecule has 0 heterocycles. The number of para-hydroxylation sites is 1. The number of rotatable bonds is 7. The van der Waals surface area contributed by atoms with Crippen molar-refractivity contribution in [1.82, 2.24) is 0 Å². The van der Waals surface area contributed by atoms with E-state index in [0.717, 1.165) is 5.56 Å². The molecule has 0 aromatic heterocycles. The Morgan fingerprint density at radius 2 is 2.00 bits per heavy atom. The molecule has 2 rings (SSSR count). The standard InChI is InChI=1S/C18H18N2O4/c1-3-11-19(15-7-5-4-6-8-15)18(21)13-24-17-10-9-14(2)12-16(17)20(22)23/h3-10,12H,1,11,13H2,2H3. The largest absolute Gasteiger partial charge is 0.477 e. The summed E-state index contributed by atoms with van der Waals surface area (Å²) >= 11 is 0. The lowest BCUT2D eigenvalue weighted by atomic mass is 10.2. The number of amides is 1. The summed E-state index contributed by atoms with van der Waals surface area (Å²) in [6.45, 7) is 5.43. The van der Waals surface area contributed by atoms with Crippen molar-refractivity contribution < 1.29 is 14.5 Å². The van der Waals surface area contributed by atoms with Gasteiger partial charge in [-0.1, -0.05) is 30.3 Å². The molecule has 0 spiro atoms. The van der Waals surface area contributed by atoms with E-state index in [1.807, 2.05) is 18.2 Å². The van der Waals surface area contributed by atoms with E-state index in [-0.39, 0.29) is 24.0 Å². The lowest BCUT2D eigenvalue weighted by Gasteiger charge is -2.21. The van der Waals surface area contributed by atoms with Crippen LogP contribution in [0.1, 0.15) is 5.56 Å². The van der Waals surface area contributed by atoms with Gasteiger partial charge >= 0.3 is 5.69 Å². The van der Waals surface area contributed by atoms with Crippen molar-refractivity contribution in [3.05, 3.63) is 76.9 Å². The second kappa shape index (κ2) is 7.92. The fourth-order valence-electron chi connectivity index (χ4n) is 2.20. The molecule has 0 unspecified atom stereocenters. The molecular formula is C18H18N2O4. The van der Waals surface area contributed by atoms with E-state index in [0.29, 0.717) is 12.2 Å². The average molecular weight is 326 g/mol. The Hall–Kier alpha value is -3.15. The van der Waals surface area contributed by atoms with Crippen LogP contribution >= 0.6 is 0 Å². The Bertz CT molecular complexity index is 744. The van der Waals surface area contributed by atoms with E-state index in [4.69, 9.17) is 4.74 Å². The summed E-state index contributed by atoms with van der Waals surface area (Å²) in [5.41, 5.74) is 1.31. The van der Waals surface area contributed by atoms with E-state index >= 15 is 0 Å². The smallest absolute Gasteiger partial charge is 0.311 e. The van der Waals surface area contributed by atoms with Crippen LogP contribution in [0.25, 0.3) is 0 Å². The normalized spacial score (nSPS) is 10.0. The highest BCUT2D eigenvalue weighted by Crippen LogP contribution is 2.27. The van der Waals surface area contributed by atoms with E-state index in [1.54, 1.807) is 31.2 Å². The minimum atomic E-state index is -0.522. The van der Waals surface area contributed by atoms with E-state index in [1.165, 1.54) is 17.0 Å². The fraction of sp³-hybridized carbons (Fsp3) is 0.167. The Labute approximate surface area is 140 Å². The molecule has 0 aliphatic rings. The monoisotopic (exact) mass is 326 g/mol. The topological polar surface area (TPSA) is 72.7 Å². The maximum absolute atomic E-state index is 12.4. The van der Waals surface area contributed by atoms with Gasteiger partial charge in [0.25, 0.3) is 5.91 Å². The Morgan fingerprint density at radius 1 is 1.29 bits per heavy atom. The Kier molecular flexibility index (Phi) is 5.68. The van der Waals surface area contributed by atoms with Crippen LogP contribution < -0.4 is 9.64 Å². The summed E-state index contributed by atoms with van der Waals surface area (Å²) in [6, 6.07) is 13.7. The molecule has 0 aliphatic heterocycles. The number of carbonyl (C=O) groups excluding carboxylic acids is 1. The van der Waals surface area contributed by atoms with Gasteiger partial charge < -0.3 is 9.64 Å². The molecule has 2 aromatic carbocycles. The van der Waals surface area contributed by atoms with Gasteiger partial charge in [0.1, 0.15) is 0 Å². The highest BCUT2D eigenvalue weighted by molar-refractivity contribution is 5.94. The minimum Gasteiger partial charge on any atom is -0.477 e. The first-order valence-electron chi connectivity index (χ1n) is 7.37. The van der Waals surface area contributed by atoms with Crippen LogP contribution in [0, 0.1) is 17.0 Å². The lowest BCUT2D eigenvalue weighted by Crippen LogP contribution is -2.35. The van der Waals surface area contributed by atoms with Gasteiger partial charge in [-0.25, -0.2) is 0 Å². The maximum Gasteiger partial charge on any atom is 0.311 e. The van der Waals surface area contributed by atoms with Crippen molar-refractivity contribution in [3.63, 3.8) is 0 Å². The number of hydrogen-bond acceptors (Lipinski definition) is 4. The zero-order valence-electron chi connectivity index (χ0n) is 13.3. The van der Waals surface area contributed by atoms with Crippen LogP contribution in [0.15, 0.2) is 61.2 Å². The highest BCUT2D eigenvalue weighted by atomic mass is 16.6. The molecule has 0 fully saturated rings. The third kappa shape index (κ3) is 4.19. The Morgan fingerprint density at radius 3 is 2.62 bits per heavy atom. The zero-order chi connectivity index (χ0) is 17.5. The van der Waals surface area contributed by atoms with Crippen LogP contribution in [-0.2, 0) is 4.79 Å². The summed E-state index contributed by atoms with van der Waals surface area (Å²) in [6.07, 6.45) is 1.61. The van der Waals surface area contributed by atoms with Crippen molar-refractivity contribution in [1.29, 1.82) is 0 Å². The van der Waals surface area contributed by atoms with Crippen LogP contribution in [0.5, 0.6) is 5.75 Å². The second-order valence-corrected chi connectivity index (χ2v) is 5.15. The number of nitrogens with zero attached hydrogens (tertiary/aromatic N) is 2. The predicted octanol–water partition coefficient (Wildman–Crippen LogP) is 3.50. The number of hydrogen-bond donors (Lipinski definition) is 0. The van der Waals surface area contributed by atoms with Crippen LogP contribution in [0.3, 0.4) is 0 Å². The van der Waals surface area contributed by atoms with Crippen LogP contribution in [0.2, 0.25) is 0 Å². The summed E-state index contributed by atoms with van der Waals surface area (Å²) in [7, 11) is 0. The third-order valence-electron chi connectivity index (χ3n) is 3.34. The van der Waals surface area contributed by atoms with E-state index in [2.05, 4.69) is 6.58 Å².